The van der Waals surface area contributed by atoms with Crippen LogP contribution in [0.4, 0.5) is 0 Å². The Bertz CT molecular complexity index is 401. The molecule has 1 aliphatic carbocycles. The zero-order chi connectivity index (χ0) is 13.0. The van der Waals surface area contributed by atoms with Crippen molar-refractivity contribution in [3.8, 4) is 5.88 Å². The molecule has 0 aliphatic heterocycles. The van der Waals surface area contributed by atoms with Gasteiger partial charge in [0.25, 0.3) is 0 Å². The minimum atomic E-state index is 0.169. The Labute approximate surface area is 112 Å². The molecule has 0 radical (unpaired) electrons. The van der Waals surface area contributed by atoms with Gasteiger partial charge in [0.05, 0.1) is 11.1 Å². The van der Waals surface area contributed by atoms with E-state index in [1.54, 1.807) is 13.3 Å². The monoisotopic (exact) mass is 270 g/mol. The number of halogens is 1. The van der Waals surface area contributed by atoms with Crippen molar-refractivity contribution in [1.82, 2.24) is 4.98 Å². The summed E-state index contributed by atoms with van der Waals surface area (Å²) in [7, 11) is 1.75. The Kier molecular flexibility index (Phi) is 4.80. The maximum absolute atomic E-state index is 5.97. The number of pyridine rings is 1. The predicted molar refractivity (Wildman–Crippen MR) is 70.8 cm³/mol. The van der Waals surface area contributed by atoms with Gasteiger partial charge >= 0.3 is 0 Å². The molecule has 2 atom stereocenters. The zero-order valence-electron chi connectivity index (χ0n) is 10.6. The van der Waals surface area contributed by atoms with E-state index in [9.17, 15) is 0 Å². The van der Waals surface area contributed by atoms with E-state index in [1.165, 1.54) is 0 Å². The van der Waals surface area contributed by atoms with Crippen molar-refractivity contribution >= 4 is 11.6 Å². The molecule has 2 unspecified atom stereocenters. The van der Waals surface area contributed by atoms with Gasteiger partial charge in [-0.1, -0.05) is 11.6 Å². The smallest absolute Gasteiger partial charge is 0.213 e. The van der Waals surface area contributed by atoms with Crippen LogP contribution in [0.25, 0.3) is 0 Å². The van der Waals surface area contributed by atoms with E-state index in [2.05, 4.69) is 4.98 Å². The normalized spacial score (nSPS) is 23.9. The topological polar surface area (TPSA) is 57.4 Å². The third kappa shape index (κ3) is 3.34. The van der Waals surface area contributed by atoms with Crippen molar-refractivity contribution in [2.24, 2.45) is 5.73 Å². The molecule has 0 spiro atoms. The number of nitrogens with zero attached hydrogens (tertiary/aromatic N) is 1. The van der Waals surface area contributed by atoms with Crippen molar-refractivity contribution < 1.29 is 9.47 Å². The maximum atomic E-state index is 5.97. The highest BCUT2D eigenvalue weighted by Crippen LogP contribution is 2.26. The molecule has 4 nitrogen and oxygen atoms in total. The van der Waals surface area contributed by atoms with Crippen LogP contribution in [0.2, 0.25) is 5.02 Å². The second kappa shape index (κ2) is 6.36. The van der Waals surface area contributed by atoms with Crippen LogP contribution in [0, 0.1) is 0 Å². The standard InChI is InChI=1S/C13H19ClN2O2/c1-17-10-3-2-4-11(6-10)18-13-5-9(7-15)12(14)8-16-13/h5,8,10-11H,2-4,6-7,15H2,1H3. The minimum absolute atomic E-state index is 0.169. The fourth-order valence-electron chi connectivity index (χ4n) is 2.27. The summed E-state index contributed by atoms with van der Waals surface area (Å²) >= 11 is 5.97. The van der Waals surface area contributed by atoms with Gasteiger partial charge in [0.1, 0.15) is 6.10 Å². The van der Waals surface area contributed by atoms with Crippen LogP contribution < -0.4 is 10.5 Å². The highest BCUT2D eigenvalue weighted by molar-refractivity contribution is 6.31. The van der Waals surface area contributed by atoms with Gasteiger partial charge in [0.2, 0.25) is 5.88 Å². The first kappa shape index (κ1) is 13.6. The first-order chi connectivity index (χ1) is 8.72. The molecule has 0 bridgehead atoms. The first-order valence-electron chi connectivity index (χ1n) is 6.27. The van der Waals surface area contributed by atoms with Gasteiger partial charge in [-0.2, -0.15) is 0 Å². The summed E-state index contributed by atoms with van der Waals surface area (Å²) < 4.78 is 11.3. The van der Waals surface area contributed by atoms with Gasteiger partial charge in [-0.05, 0) is 24.8 Å². The van der Waals surface area contributed by atoms with E-state index in [-0.39, 0.29) is 6.10 Å². The zero-order valence-corrected chi connectivity index (χ0v) is 11.3. The molecular weight excluding hydrogens is 252 g/mol. The quantitative estimate of drug-likeness (QED) is 0.913. The third-order valence-corrected chi connectivity index (χ3v) is 3.67. The summed E-state index contributed by atoms with van der Waals surface area (Å²) in [5, 5.41) is 0.586. The van der Waals surface area contributed by atoms with E-state index >= 15 is 0 Å². The maximum Gasteiger partial charge on any atom is 0.213 e. The summed E-state index contributed by atoms with van der Waals surface area (Å²) in [4.78, 5) is 4.18. The van der Waals surface area contributed by atoms with E-state index in [0.717, 1.165) is 31.2 Å². The van der Waals surface area contributed by atoms with Gasteiger partial charge in [0.15, 0.2) is 0 Å². The molecule has 2 rings (SSSR count). The van der Waals surface area contributed by atoms with Crippen molar-refractivity contribution in [2.75, 3.05) is 7.11 Å². The molecule has 0 aromatic carbocycles. The third-order valence-electron chi connectivity index (χ3n) is 3.33. The Morgan fingerprint density at radius 2 is 2.22 bits per heavy atom. The Morgan fingerprint density at radius 3 is 2.94 bits per heavy atom. The molecule has 100 valence electrons. The van der Waals surface area contributed by atoms with Crippen LogP contribution >= 0.6 is 11.6 Å². The van der Waals surface area contributed by atoms with Gasteiger partial charge in [0, 0.05) is 32.3 Å². The summed E-state index contributed by atoms with van der Waals surface area (Å²) in [5.74, 6) is 0.599. The SMILES string of the molecule is COC1CCCC(Oc2cc(CN)c(Cl)cn2)C1. The second-order valence-electron chi connectivity index (χ2n) is 4.58. The van der Waals surface area contributed by atoms with E-state index in [4.69, 9.17) is 26.8 Å². The lowest BCUT2D eigenvalue weighted by Gasteiger charge is -2.28. The van der Waals surface area contributed by atoms with Gasteiger partial charge in [-0.25, -0.2) is 4.98 Å². The summed E-state index contributed by atoms with van der Waals surface area (Å²) in [6.07, 6.45) is 6.25. The molecule has 5 heteroatoms. The molecule has 0 saturated heterocycles. The minimum Gasteiger partial charge on any atom is -0.474 e. The average molecular weight is 271 g/mol. The molecular formula is C13H19ClN2O2. The Hall–Kier alpha value is -0.840. The first-order valence-corrected chi connectivity index (χ1v) is 6.64. The molecule has 2 N–H and O–H groups in total. The van der Waals surface area contributed by atoms with Crippen molar-refractivity contribution in [1.29, 1.82) is 0 Å². The second-order valence-corrected chi connectivity index (χ2v) is 4.99. The van der Waals surface area contributed by atoms with E-state index in [0.29, 0.717) is 23.6 Å². The lowest BCUT2D eigenvalue weighted by Crippen LogP contribution is -2.29. The van der Waals surface area contributed by atoms with Crippen molar-refractivity contribution in [3.05, 3.63) is 22.8 Å². The van der Waals surface area contributed by atoms with Crippen molar-refractivity contribution in [3.63, 3.8) is 0 Å². The molecule has 1 fully saturated rings. The van der Waals surface area contributed by atoms with Gasteiger partial charge in [-0.15, -0.1) is 0 Å². The fourth-order valence-corrected chi connectivity index (χ4v) is 2.45. The van der Waals surface area contributed by atoms with E-state index in [1.807, 2.05) is 6.07 Å². The predicted octanol–water partition coefficient (Wildman–Crippen LogP) is 2.53. The molecule has 1 heterocycles. The summed E-state index contributed by atoms with van der Waals surface area (Å²) in [6.45, 7) is 0.392. The van der Waals surface area contributed by atoms with Crippen LogP contribution in [0.15, 0.2) is 12.3 Å². The van der Waals surface area contributed by atoms with Crippen molar-refractivity contribution in [2.45, 2.75) is 44.4 Å². The number of nitrogens with two attached hydrogens (primary N) is 1. The Morgan fingerprint density at radius 1 is 1.44 bits per heavy atom. The molecule has 1 saturated carbocycles. The molecule has 0 amide bonds. The number of methoxy groups -OCH3 is 1. The van der Waals surface area contributed by atoms with Gasteiger partial charge < -0.3 is 15.2 Å². The number of hydrogen-bond donors (Lipinski definition) is 1. The summed E-state index contributed by atoms with van der Waals surface area (Å²) in [5.41, 5.74) is 6.47. The highest BCUT2D eigenvalue weighted by atomic mass is 35.5. The lowest BCUT2D eigenvalue weighted by molar-refractivity contribution is 0.0195. The largest absolute Gasteiger partial charge is 0.474 e. The highest BCUT2D eigenvalue weighted by Gasteiger charge is 2.23. The number of rotatable bonds is 4. The number of ether oxygens (including phenoxy) is 2. The summed E-state index contributed by atoms with van der Waals surface area (Å²) in [6, 6.07) is 1.82. The fraction of sp³-hybridized carbons (Fsp3) is 0.615. The van der Waals surface area contributed by atoms with Crippen LogP contribution in [0.5, 0.6) is 5.88 Å². The number of aromatic nitrogens is 1. The Balaban J connectivity index is 2.00. The van der Waals surface area contributed by atoms with Crippen LogP contribution in [0.1, 0.15) is 31.2 Å². The van der Waals surface area contributed by atoms with Gasteiger partial charge in [-0.3, -0.25) is 0 Å². The number of hydrogen-bond acceptors (Lipinski definition) is 4. The van der Waals surface area contributed by atoms with Crippen LogP contribution in [0.3, 0.4) is 0 Å². The molecule has 1 aliphatic rings. The lowest BCUT2D eigenvalue weighted by atomic mass is 9.95. The molecule has 18 heavy (non-hydrogen) atoms. The van der Waals surface area contributed by atoms with Crippen LogP contribution in [-0.2, 0) is 11.3 Å². The van der Waals surface area contributed by atoms with E-state index < -0.39 is 0 Å². The molecule has 1 aromatic rings. The average Bonchev–Trinajstić information content (AvgIpc) is 2.41. The molecule has 1 aromatic heterocycles. The van der Waals surface area contributed by atoms with Crippen LogP contribution in [-0.4, -0.2) is 24.3 Å².